The first-order valence-electron chi connectivity index (χ1n) is 7.89. The van der Waals surface area contributed by atoms with E-state index in [9.17, 15) is 0 Å². The van der Waals surface area contributed by atoms with Crippen LogP contribution in [0.15, 0.2) is 36.4 Å². The summed E-state index contributed by atoms with van der Waals surface area (Å²) in [5.41, 5.74) is 4.70. The molecule has 1 unspecified atom stereocenters. The van der Waals surface area contributed by atoms with Crippen molar-refractivity contribution >= 4 is 23.2 Å². The zero-order valence-corrected chi connectivity index (χ0v) is 15.1. The van der Waals surface area contributed by atoms with Gasteiger partial charge in [0.05, 0.1) is 6.10 Å². The summed E-state index contributed by atoms with van der Waals surface area (Å²) in [5, 5.41) is 13.4. The lowest BCUT2D eigenvalue weighted by atomic mass is 9.97. The molecule has 1 aliphatic rings. The molecule has 1 fully saturated rings. The van der Waals surface area contributed by atoms with Crippen LogP contribution in [-0.4, -0.2) is 24.3 Å². The van der Waals surface area contributed by atoms with E-state index in [0.717, 1.165) is 47.1 Å². The van der Waals surface area contributed by atoms with Crippen molar-refractivity contribution in [1.82, 2.24) is 5.32 Å². The van der Waals surface area contributed by atoms with Gasteiger partial charge in [0.1, 0.15) is 0 Å². The van der Waals surface area contributed by atoms with Crippen molar-refractivity contribution in [1.29, 1.82) is 0 Å². The minimum Gasteiger partial charge on any atom is -0.392 e. The van der Waals surface area contributed by atoms with E-state index >= 15 is 0 Å². The molecule has 124 valence electrons. The van der Waals surface area contributed by atoms with Gasteiger partial charge in [0.25, 0.3) is 0 Å². The van der Waals surface area contributed by atoms with Gasteiger partial charge in [-0.15, -0.1) is 0 Å². The molecule has 1 saturated heterocycles. The number of rotatable bonds is 1. The summed E-state index contributed by atoms with van der Waals surface area (Å²) in [5.74, 6) is 0. The third kappa shape index (κ3) is 5.50. The summed E-state index contributed by atoms with van der Waals surface area (Å²) in [6.07, 6.45) is 2.03. The maximum Gasteiger partial charge on any atom is 0.0665 e. The number of aryl methyl sites for hydroxylation is 2. The molecule has 2 aromatic rings. The Hall–Kier alpha value is -1.06. The molecule has 0 bridgehead atoms. The number of aliphatic hydroxyl groups is 1. The van der Waals surface area contributed by atoms with Crippen LogP contribution < -0.4 is 5.32 Å². The fourth-order valence-corrected chi connectivity index (χ4v) is 2.95. The molecule has 0 aromatic heterocycles. The minimum atomic E-state index is -0.0752. The first-order chi connectivity index (χ1) is 11.0. The molecule has 0 saturated carbocycles. The van der Waals surface area contributed by atoms with Gasteiger partial charge in [-0.25, -0.2) is 0 Å². The Kier molecular flexibility index (Phi) is 6.91. The van der Waals surface area contributed by atoms with E-state index in [-0.39, 0.29) is 6.10 Å². The van der Waals surface area contributed by atoms with Crippen LogP contribution >= 0.6 is 23.2 Å². The SMILES string of the molecule is Cc1ccc(Cl)cc1-c1cc(Cl)ccc1C.OC1CCCNC1. The van der Waals surface area contributed by atoms with Crippen LogP contribution in [0.3, 0.4) is 0 Å². The summed E-state index contributed by atoms with van der Waals surface area (Å²) in [7, 11) is 0. The molecular formula is C19H23Cl2NO. The van der Waals surface area contributed by atoms with Crippen LogP contribution in [0.5, 0.6) is 0 Å². The van der Waals surface area contributed by atoms with Gasteiger partial charge in [0.2, 0.25) is 0 Å². The van der Waals surface area contributed by atoms with Crippen LogP contribution in [0.2, 0.25) is 10.0 Å². The van der Waals surface area contributed by atoms with Gasteiger partial charge in [-0.3, -0.25) is 0 Å². The van der Waals surface area contributed by atoms with E-state index < -0.39 is 0 Å². The molecule has 23 heavy (non-hydrogen) atoms. The second-order valence-corrected chi connectivity index (χ2v) is 6.79. The van der Waals surface area contributed by atoms with E-state index in [2.05, 4.69) is 19.2 Å². The first-order valence-corrected chi connectivity index (χ1v) is 8.64. The number of hydrogen-bond donors (Lipinski definition) is 2. The van der Waals surface area contributed by atoms with Crippen LogP contribution in [0.4, 0.5) is 0 Å². The summed E-state index contributed by atoms with van der Waals surface area (Å²) in [6.45, 7) is 6.02. The lowest BCUT2D eigenvalue weighted by molar-refractivity contribution is 0.142. The van der Waals surface area contributed by atoms with Crippen LogP contribution in [0.1, 0.15) is 24.0 Å². The monoisotopic (exact) mass is 351 g/mol. The summed E-state index contributed by atoms with van der Waals surface area (Å²) in [4.78, 5) is 0. The highest BCUT2D eigenvalue weighted by atomic mass is 35.5. The Morgan fingerprint density at radius 3 is 1.83 bits per heavy atom. The molecule has 2 N–H and O–H groups in total. The second-order valence-electron chi connectivity index (χ2n) is 5.92. The fourth-order valence-electron chi connectivity index (χ4n) is 2.60. The molecular weight excluding hydrogens is 329 g/mol. The third-order valence-corrected chi connectivity index (χ3v) is 4.43. The van der Waals surface area contributed by atoms with Crippen LogP contribution in [-0.2, 0) is 0 Å². The Morgan fingerprint density at radius 1 is 0.957 bits per heavy atom. The standard InChI is InChI=1S/C14H12Cl2.C5H11NO/c1-9-3-5-11(15)7-13(9)14-8-12(16)6-4-10(14)2;7-5-2-1-3-6-4-5/h3-8H,1-2H3;5-7H,1-4H2. The topological polar surface area (TPSA) is 32.3 Å². The largest absolute Gasteiger partial charge is 0.392 e. The Bertz CT molecular complexity index is 602. The molecule has 0 spiro atoms. The highest BCUT2D eigenvalue weighted by Crippen LogP contribution is 2.31. The van der Waals surface area contributed by atoms with E-state index in [1.165, 1.54) is 11.1 Å². The number of β-amino-alcohol motifs (C(OH)–C–C–N with tert-alkyl or cyclic N) is 1. The van der Waals surface area contributed by atoms with Crippen molar-refractivity contribution < 1.29 is 5.11 Å². The second kappa shape index (κ2) is 8.70. The maximum absolute atomic E-state index is 8.85. The van der Waals surface area contributed by atoms with Crippen molar-refractivity contribution in [2.75, 3.05) is 13.1 Å². The van der Waals surface area contributed by atoms with E-state index in [1.54, 1.807) is 0 Å². The smallest absolute Gasteiger partial charge is 0.0665 e. The first kappa shape index (κ1) is 18.3. The fraction of sp³-hybridized carbons (Fsp3) is 0.368. The zero-order valence-electron chi connectivity index (χ0n) is 13.6. The van der Waals surface area contributed by atoms with E-state index in [4.69, 9.17) is 28.3 Å². The van der Waals surface area contributed by atoms with E-state index in [0.29, 0.717) is 0 Å². The summed E-state index contributed by atoms with van der Waals surface area (Å²) < 4.78 is 0. The van der Waals surface area contributed by atoms with Gasteiger partial charge in [0.15, 0.2) is 0 Å². The number of halogens is 2. The molecule has 2 aromatic carbocycles. The third-order valence-electron chi connectivity index (χ3n) is 3.96. The molecule has 3 rings (SSSR count). The average Bonchev–Trinajstić information content (AvgIpc) is 2.54. The van der Waals surface area contributed by atoms with Gasteiger partial charge in [-0.05, 0) is 79.8 Å². The average molecular weight is 352 g/mol. The Morgan fingerprint density at radius 2 is 1.48 bits per heavy atom. The van der Waals surface area contributed by atoms with Gasteiger partial charge < -0.3 is 10.4 Å². The van der Waals surface area contributed by atoms with Crippen molar-refractivity contribution in [3.8, 4) is 11.1 Å². The Balaban J connectivity index is 0.000000229. The van der Waals surface area contributed by atoms with Gasteiger partial charge in [-0.2, -0.15) is 0 Å². The lowest BCUT2D eigenvalue weighted by Crippen LogP contribution is -2.33. The summed E-state index contributed by atoms with van der Waals surface area (Å²) in [6, 6.07) is 11.8. The van der Waals surface area contributed by atoms with Crippen molar-refractivity contribution in [2.45, 2.75) is 32.8 Å². The molecule has 4 heteroatoms. The zero-order chi connectivity index (χ0) is 16.8. The number of hydrogen-bond acceptors (Lipinski definition) is 2. The van der Waals surface area contributed by atoms with E-state index in [1.807, 2.05) is 36.4 Å². The predicted molar refractivity (Wildman–Crippen MR) is 99.5 cm³/mol. The van der Waals surface area contributed by atoms with Gasteiger partial charge >= 0.3 is 0 Å². The maximum atomic E-state index is 8.85. The summed E-state index contributed by atoms with van der Waals surface area (Å²) >= 11 is 12.1. The molecule has 0 radical (unpaired) electrons. The Labute approximate surface area is 148 Å². The molecule has 1 heterocycles. The quantitative estimate of drug-likeness (QED) is 0.756. The van der Waals surface area contributed by atoms with Crippen LogP contribution in [0, 0.1) is 13.8 Å². The number of benzene rings is 2. The number of nitrogens with one attached hydrogen (secondary N) is 1. The molecule has 1 aliphatic heterocycles. The predicted octanol–water partition coefficient (Wildman–Crippen LogP) is 5.01. The van der Waals surface area contributed by atoms with Crippen molar-refractivity contribution in [3.05, 3.63) is 57.6 Å². The molecule has 1 atom stereocenters. The highest BCUT2D eigenvalue weighted by Gasteiger charge is 2.07. The van der Waals surface area contributed by atoms with Gasteiger partial charge in [-0.1, -0.05) is 35.3 Å². The molecule has 0 amide bonds. The normalized spacial score (nSPS) is 17.3. The number of aliphatic hydroxyl groups excluding tert-OH is 1. The van der Waals surface area contributed by atoms with Crippen molar-refractivity contribution in [2.24, 2.45) is 0 Å². The van der Waals surface area contributed by atoms with Gasteiger partial charge in [0, 0.05) is 16.6 Å². The molecule has 2 nitrogen and oxygen atoms in total. The highest BCUT2D eigenvalue weighted by molar-refractivity contribution is 6.31. The lowest BCUT2D eigenvalue weighted by Gasteiger charge is -2.16. The minimum absolute atomic E-state index is 0.0752. The molecule has 0 aliphatic carbocycles. The number of piperidine rings is 1. The van der Waals surface area contributed by atoms with Crippen molar-refractivity contribution in [3.63, 3.8) is 0 Å². The van der Waals surface area contributed by atoms with Crippen LogP contribution in [0.25, 0.3) is 11.1 Å².